The van der Waals surface area contributed by atoms with Crippen LogP contribution in [0, 0.1) is 23.7 Å². The molecule has 0 aromatic carbocycles. The fourth-order valence-electron chi connectivity index (χ4n) is 5.46. The molecule has 0 spiro atoms. The molecule has 0 nitrogen and oxygen atoms in total. The second-order valence-electron chi connectivity index (χ2n) is 8.53. The average molecular weight is 342 g/mol. The number of rotatable bonds is 4. The number of hydrogen-bond donors (Lipinski definition) is 0. The molecule has 3 atom stereocenters. The summed E-state index contributed by atoms with van der Waals surface area (Å²) in [4.78, 5) is 0. The predicted octanol–water partition coefficient (Wildman–Crippen LogP) is 6.74. The van der Waals surface area contributed by atoms with Crippen molar-refractivity contribution >= 4 is 0 Å². The minimum absolute atomic E-state index is 0.0664. The first-order valence-electron chi connectivity index (χ1n) is 10.2. The Bertz CT molecular complexity index is 413. The molecule has 3 heteroatoms. The highest BCUT2D eigenvalue weighted by molar-refractivity contribution is 5.14. The molecule has 0 heterocycles. The lowest BCUT2D eigenvalue weighted by molar-refractivity contribution is 0.0243. The molecule has 138 valence electrons. The van der Waals surface area contributed by atoms with E-state index < -0.39 is 18.5 Å². The van der Waals surface area contributed by atoms with E-state index in [2.05, 4.69) is 13.0 Å². The van der Waals surface area contributed by atoms with Crippen molar-refractivity contribution in [3.05, 3.63) is 11.6 Å². The maximum atomic E-state index is 13.7. The summed E-state index contributed by atoms with van der Waals surface area (Å²) in [6.07, 6.45) is 8.88. The smallest absolute Gasteiger partial charge is 0.162 e. The van der Waals surface area contributed by atoms with E-state index in [1.807, 2.05) is 0 Å². The molecule has 0 radical (unpaired) electrons. The van der Waals surface area contributed by atoms with Gasteiger partial charge in [-0.05, 0) is 68.6 Å². The van der Waals surface area contributed by atoms with Gasteiger partial charge in [-0.15, -0.1) is 0 Å². The first-order valence-corrected chi connectivity index (χ1v) is 10.2. The molecule has 3 rings (SSSR count). The second-order valence-corrected chi connectivity index (χ2v) is 8.53. The molecule has 0 amide bonds. The van der Waals surface area contributed by atoms with E-state index in [4.69, 9.17) is 0 Å². The average Bonchev–Trinajstić information content (AvgIpc) is 2.60. The zero-order valence-electron chi connectivity index (χ0n) is 15.0. The van der Waals surface area contributed by atoms with Crippen molar-refractivity contribution in [2.45, 2.75) is 96.1 Å². The van der Waals surface area contributed by atoms with Crippen LogP contribution in [0.3, 0.4) is 0 Å². The Morgan fingerprint density at radius 1 is 0.917 bits per heavy atom. The van der Waals surface area contributed by atoms with Gasteiger partial charge in [0.1, 0.15) is 12.3 Å². The Balaban J connectivity index is 1.50. The zero-order chi connectivity index (χ0) is 17.1. The maximum absolute atomic E-state index is 13.7. The summed E-state index contributed by atoms with van der Waals surface area (Å²) < 4.78 is 40.6. The molecule has 0 aliphatic heterocycles. The molecule has 3 unspecified atom stereocenters. The van der Waals surface area contributed by atoms with Gasteiger partial charge in [0.15, 0.2) is 6.17 Å². The molecule has 0 aromatic heterocycles. The number of hydrogen-bond acceptors (Lipinski definition) is 0. The largest absolute Gasteiger partial charge is 0.244 e. The van der Waals surface area contributed by atoms with Gasteiger partial charge in [-0.25, -0.2) is 13.2 Å². The van der Waals surface area contributed by atoms with E-state index in [1.165, 1.54) is 50.5 Å². The number of halogens is 3. The van der Waals surface area contributed by atoms with Gasteiger partial charge >= 0.3 is 0 Å². The van der Waals surface area contributed by atoms with Crippen LogP contribution in [0.1, 0.15) is 77.6 Å². The van der Waals surface area contributed by atoms with Gasteiger partial charge < -0.3 is 0 Å². The SMILES string of the molecule is CCCC1CCC(C2CC=C(C3CC(F)C(F)C(F)C3)CC2)CC1. The summed E-state index contributed by atoms with van der Waals surface area (Å²) in [5, 5.41) is 0. The third kappa shape index (κ3) is 4.19. The Morgan fingerprint density at radius 3 is 2.12 bits per heavy atom. The van der Waals surface area contributed by atoms with Gasteiger partial charge in [-0.1, -0.05) is 44.3 Å². The van der Waals surface area contributed by atoms with Crippen LogP contribution in [0.25, 0.3) is 0 Å². The van der Waals surface area contributed by atoms with Crippen molar-refractivity contribution in [2.75, 3.05) is 0 Å². The fraction of sp³-hybridized carbons (Fsp3) is 0.905. The molecule has 3 aliphatic carbocycles. The van der Waals surface area contributed by atoms with Crippen LogP contribution < -0.4 is 0 Å². The van der Waals surface area contributed by atoms with Crippen molar-refractivity contribution < 1.29 is 13.2 Å². The summed E-state index contributed by atoms with van der Waals surface area (Å²) in [6, 6.07) is 0. The van der Waals surface area contributed by atoms with Crippen LogP contribution in [-0.4, -0.2) is 18.5 Å². The summed E-state index contributed by atoms with van der Waals surface area (Å²) >= 11 is 0. The van der Waals surface area contributed by atoms with Gasteiger partial charge in [0.2, 0.25) is 0 Å². The van der Waals surface area contributed by atoms with E-state index in [0.717, 1.165) is 30.6 Å². The Morgan fingerprint density at radius 2 is 1.58 bits per heavy atom. The van der Waals surface area contributed by atoms with Gasteiger partial charge in [0.05, 0.1) is 0 Å². The second kappa shape index (κ2) is 8.27. The zero-order valence-corrected chi connectivity index (χ0v) is 15.0. The van der Waals surface area contributed by atoms with Crippen LogP contribution in [-0.2, 0) is 0 Å². The van der Waals surface area contributed by atoms with E-state index in [-0.39, 0.29) is 18.8 Å². The highest BCUT2D eigenvalue weighted by Crippen LogP contribution is 2.44. The van der Waals surface area contributed by atoms with Crippen molar-refractivity contribution in [3.8, 4) is 0 Å². The molecule has 0 saturated heterocycles. The van der Waals surface area contributed by atoms with Crippen molar-refractivity contribution in [2.24, 2.45) is 23.7 Å². The van der Waals surface area contributed by atoms with Crippen LogP contribution in [0.4, 0.5) is 13.2 Å². The first-order chi connectivity index (χ1) is 11.6. The van der Waals surface area contributed by atoms with Gasteiger partial charge in [0.25, 0.3) is 0 Å². The molecule has 2 saturated carbocycles. The third-order valence-corrected chi connectivity index (χ3v) is 6.98. The fourth-order valence-corrected chi connectivity index (χ4v) is 5.46. The van der Waals surface area contributed by atoms with E-state index >= 15 is 0 Å². The summed E-state index contributed by atoms with van der Waals surface area (Å²) in [7, 11) is 0. The highest BCUT2D eigenvalue weighted by atomic mass is 19.2. The summed E-state index contributed by atoms with van der Waals surface area (Å²) in [5.41, 5.74) is 1.21. The standard InChI is InChI=1S/C21H33F3/c1-2-3-14-4-6-15(7-5-14)16-8-10-17(11-9-16)18-12-19(22)21(24)20(23)13-18/h10,14-16,18-21H,2-9,11-13H2,1H3. The predicted molar refractivity (Wildman–Crippen MR) is 93.2 cm³/mol. The van der Waals surface area contributed by atoms with E-state index in [1.54, 1.807) is 0 Å². The quantitative estimate of drug-likeness (QED) is 0.496. The third-order valence-electron chi connectivity index (χ3n) is 6.98. The summed E-state index contributed by atoms with van der Waals surface area (Å²) in [5.74, 6) is 2.49. The lowest BCUT2D eigenvalue weighted by Crippen LogP contribution is -2.38. The van der Waals surface area contributed by atoms with Crippen LogP contribution in [0.5, 0.6) is 0 Å². The molecule has 3 aliphatic rings. The minimum Gasteiger partial charge on any atom is -0.244 e. The lowest BCUT2D eigenvalue weighted by Gasteiger charge is -2.38. The van der Waals surface area contributed by atoms with Crippen LogP contribution >= 0.6 is 0 Å². The summed E-state index contributed by atoms with van der Waals surface area (Å²) in [6.45, 7) is 2.28. The number of allylic oxidation sites excluding steroid dienone is 2. The molecule has 24 heavy (non-hydrogen) atoms. The maximum Gasteiger partial charge on any atom is 0.162 e. The molecule has 0 bridgehead atoms. The van der Waals surface area contributed by atoms with Crippen LogP contribution in [0.15, 0.2) is 11.6 Å². The topological polar surface area (TPSA) is 0 Å². The van der Waals surface area contributed by atoms with Gasteiger partial charge in [-0.2, -0.15) is 0 Å². The molecule has 0 aromatic rings. The molecule has 2 fully saturated rings. The van der Waals surface area contributed by atoms with Crippen molar-refractivity contribution in [1.82, 2.24) is 0 Å². The Labute approximate surface area is 145 Å². The van der Waals surface area contributed by atoms with Gasteiger partial charge in [0, 0.05) is 0 Å². The molecular weight excluding hydrogens is 309 g/mol. The van der Waals surface area contributed by atoms with E-state index in [9.17, 15) is 13.2 Å². The van der Waals surface area contributed by atoms with Crippen LogP contribution in [0.2, 0.25) is 0 Å². The van der Waals surface area contributed by atoms with Gasteiger partial charge in [-0.3, -0.25) is 0 Å². The Kier molecular flexibility index (Phi) is 6.32. The lowest BCUT2D eigenvalue weighted by atomic mass is 9.69. The number of alkyl halides is 3. The molecule has 0 N–H and O–H groups in total. The van der Waals surface area contributed by atoms with E-state index in [0.29, 0.717) is 0 Å². The molecular formula is C21H33F3. The minimum atomic E-state index is -1.91. The van der Waals surface area contributed by atoms with Crippen molar-refractivity contribution in [3.63, 3.8) is 0 Å². The Hall–Kier alpha value is -0.470. The monoisotopic (exact) mass is 342 g/mol. The highest BCUT2D eigenvalue weighted by Gasteiger charge is 2.40. The first kappa shape index (κ1) is 18.3. The van der Waals surface area contributed by atoms with Crippen molar-refractivity contribution in [1.29, 1.82) is 0 Å². The normalized spacial score (nSPS) is 44.2.